The summed E-state index contributed by atoms with van der Waals surface area (Å²) >= 11 is 1.80. The summed E-state index contributed by atoms with van der Waals surface area (Å²) in [4.78, 5) is 1.27. The highest BCUT2D eigenvalue weighted by atomic mass is 32.2. The molecule has 0 saturated carbocycles. The van der Waals surface area contributed by atoms with E-state index < -0.39 is 10.3 Å². The van der Waals surface area contributed by atoms with E-state index in [0.29, 0.717) is 16.2 Å². The van der Waals surface area contributed by atoms with E-state index in [0.717, 1.165) is 23.5 Å². The van der Waals surface area contributed by atoms with Gasteiger partial charge in [0.25, 0.3) is 0 Å². The first-order chi connectivity index (χ1) is 10.5. The fraction of sp³-hybridized carbons (Fsp3) is 0.294. The second-order valence-electron chi connectivity index (χ2n) is 4.83. The van der Waals surface area contributed by atoms with Gasteiger partial charge in [-0.1, -0.05) is 73.3 Å². The minimum atomic E-state index is -4.30. The third-order valence-electron chi connectivity index (χ3n) is 3.06. The molecule has 0 radical (unpaired) electrons. The predicted octanol–water partition coefficient (Wildman–Crippen LogP) is 6.63. The van der Waals surface area contributed by atoms with Crippen molar-refractivity contribution in [1.82, 2.24) is 0 Å². The summed E-state index contributed by atoms with van der Waals surface area (Å²) in [5, 5.41) is 0. The fourth-order valence-corrected chi connectivity index (χ4v) is 5.00. The van der Waals surface area contributed by atoms with Gasteiger partial charge in [-0.2, -0.15) is 13.2 Å². The van der Waals surface area contributed by atoms with Gasteiger partial charge in [0.15, 0.2) is 4.08 Å². The highest BCUT2D eigenvalue weighted by molar-refractivity contribution is 8.18. The fourth-order valence-electron chi connectivity index (χ4n) is 2.07. The Morgan fingerprint density at radius 3 is 1.50 bits per heavy atom. The molecular formula is C17H17F3S2. The van der Waals surface area contributed by atoms with Crippen molar-refractivity contribution in [2.24, 2.45) is 0 Å². The molecule has 0 aliphatic rings. The maximum absolute atomic E-state index is 13.9. The molecule has 2 aromatic carbocycles. The van der Waals surface area contributed by atoms with Crippen molar-refractivity contribution >= 4 is 23.5 Å². The van der Waals surface area contributed by atoms with Crippen LogP contribution in [0.4, 0.5) is 13.2 Å². The van der Waals surface area contributed by atoms with Crippen molar-refractivity contribution in [3.05, 3.63) is 60.7 Å². The van der Waals surface area contributed by atoms with Crippen molar-refractivity contribution in [1.29, 1.82) is 0 Å². The van der Waals surface area contributed by atoms with Crippen LogP contribution >= 0.6 is 23.5 Å². The third kappa shape index (κ3) is 4.23. The van der Waals surface area contributed by atoms with Gasteiger partial charge in [0.05, 0.1) is 0 Å². The van der Waals surface area contributed by atoms with E-state index in [9.17, 15) is 13.2 Å². The predicted molar refractivity (Wildman–Crippen MR) is 88.3 cm³/mol. The normalized spacial score (nSPS) is 12.4. The quantitative estimate of drug-likeness (QED) is 0.427. The zero-order chi connectivity index (χ0) is 16.1. The van der Waals surface area contributed by atoms with Gasteiger partial charge in [0.1, 0.15) is 0 Å². The van der Waals surface area contributed by atoms with Crippen LogP contribution in [0.25, 0.3) is 0 Å². The Morgan fingerprint density at radius 2 is 1.18 bits per heavy atom. The van der Waals surface area contributed by atoms with Crippen LogP contribution < -0.4 is 0 Å². The molecule has 0 aliphatic carbocycles. The SMILES string of the molecule is CCCC(Sc1ccccc1)(Sc1ccccc1)C(F)(F)F. The summed E-state index contributed by atoms with van der Waals surface area (Å²) in [6.07, 6.45) is -3.77. The topological polar surface area (TPSA) is 0 Å². The monoisotopic (exact) mass is 342 g/mol. The number of benzene rings is 2. The van der Waals surface area contributed by atoms with Gasteiger partial charge in [-0.3, -0.25) is 0 Å². The highest BCUT2D eigenvalue weighted by Crippen LogP contribution is 2.57. The summed E-state index contributed by atoms with van der Waals surface area (Å²) in [5.74, 6) is 0. The average Bonchev–Trinajstić information content (AvgIpc) is 2.48. The largest absolute Gasteiger partial charge is 0.412 e. The number of thioether (sulfide) groups is 2. The number of hydrogen-bond donors (Lipinski definition) is 0. The Labute approximate surface area is 137 Å². The molecule has 0 nitrogen and oxygen atoms in total. The summed E-state index contributed by atoms with van der Waals surface area (Å²) < 4.78 is 39.8. The molecular weight excluding hydrogens is 325 g/mol. The lowest BCUT2D eigenvalue weighted by atomic mass is 10.2. The first kappa shape index (κ1) is 17.3. The molecule has 2 aromatic rings. The molecule has 118 valence electrons. The van der Waals surface area contributed by atoms with Crippen LogP contribution in [0.15, 0.2) is 70.5 Å². The van der Waals surface area contributed by atoms with Gasteiger partial charge in [0, 0.05) is 9.79 Å². The summed E-state index contributed by atoms with van der Waals surface area (Å²) in [6.45, 7) is 1.79. The summed E-state index contributed by atoms with van der Waals surface area (Å²) in [5.41, 5.74) is 0. The standard InChI is InChI=1S/C17H17F3S2/c1-2-13-16(17(18,19)20,21-14-9-5-3-6-10-14)22-15-11-7-4-8-12-15/h3-12H,2,13H2,1H3. The molecule has 0 spiro atoms. The van der Waals surface area contributed by atoms with Gasteiger partial charge in [-0.05, 0) is 30.7 Å². The highest BCUT2D eigenvalue weighted by Gasteiger charge is 2.55. The molecule has 5 heteroatoms. The van der Waals surface area contributed by atoms with Gasteiger partial charge >= 0.3 is 6.18 Å². The molecule has 0 amide bonds. The molecule has 0 aromatic heterocycles. The Hall–Kier alpha value is -1.07. The lowest BCUT2D eigenvalue weighted by Crippen LogP contribution is -2.38. The maximum atomic E-state index is 13.9. The van der Waals surface area contributed by atoms with Crippen LogP contribution in [0, 0.1) is 0 Å². The Kier molecular flexibility index (Phi) is 5.87. The van der Waals surface area contributed by atoms with Crippen molar-refractivity contribution in [2.75, 3.05) is 0 Å². The molecule has 0 fully saturated rings. The van der Waals surface area contributed by atoms with E-state index in [4.69, 9.17) is 0 Å². The molecule has 0 heterocycles. The van der Waals surface area contributed by atoms with Crippen molar-refractivity contribution in [2.45, 2.75) is 39.8 Å². The van der Waals surface area contributed by atoms with Gasteiger partial charge in [-0.15, -0.1) is 0 Å². The van der Waals surface area contributed by atoms with Crippen LogP contribution in [0.2, 0.25) is 0 Å². The van der Waals surface area contributed by atoms with E-state index in [-0.39, 0.29) is 6.42 Å². The molecule has 0 aliphatic heterocycles. The lowest BCUT2D eigenvalue weighted by molar-refractivity contribution is -0.138. The zero-order valence-corrected chi connectivity index (χ0v) is 13.8. The van der Waals surface area contributed by atoms with Crippen LogP contribution in [-0.2, 0) is 0 Å². The number of alkyl halides is 3. The van der Waals surface area contributed by atoms with Crippen LogP contribution in [0.1, 0.15) is 19.8 Å². The zero-order valence-electron chi connectivity index (χ0n) is 12.1. The minimum absolute atomic E-state index is 0.0651. The first-order valence-corrected chi connectivity index (χ1v) is 8.65. The summed E-state index contributed by atoms with van der Waals surface area (Å²) in [6, 6.07) is 17.6. The van der Waals surface area contributed by atoms with E-state index in [1.807, 2.05) is 12.1 Å². The molecule has 0 atom stereocenters. The second kappa shape index (κ2) is 7.47. The van der Waals surface area contributed by atoms with Crippen LogP contribution in [0.5, 0.6) is 0 Å². The van der Waals surface area contributed by atoms with E-state index in [1.54, 1.807) is 55.5 Å². The van der Waals surface area contributed by atoms with E-state index in [2.05, 4.69) is 0 Å². The molecule has 0 saturated heterocycles. The lowest BCUT2D eigenvalue weighted by Gasteiger charge is -2.34. The smallest absolute Gasteiger partial charge is 0.168 e. The molecule has 22 heavy (non-hydrogen) atoms. The number of rotatable bonds is 6. The van der Waals surface area contributed by atoms with Gasteiger partial charge in [-0.25, -0.2) is 0 Å². The number of hydrogen-bond acceptors (Lipinski definition) is 2. The molecule has 0 bridgehead atoms. The molecule has 0 N–H and O–H groups in total. The van der Waals surface area contributed by atoms with Crippen LogP contribution in [-0.4, -0.2) is 10.3 Å². The van der Waals surface area contributed by atoms with Gasteiger partial charge < -0.3 is 0 Å². The average molecular weight is 342 g/mol. The van der Waals surface area contributed by atoms with E-state index in [1.165, 1.54) is 0 Å². The Balaban J connectivity index is 2.37. The Morgan fingerprint density at radius 1 is 0.773 bits per heavy atom. The Bertz CT molecular complexity index is 526. The number of halogens is 3. The third-order valence-corrected chi connectivity index (χ3v) is 6.11. The van der Waals surface area contributed by atoms with Crippen LogP contribution in [0.3, 0.4) is 0 Å². The van der Waals surface area contributed by atoms with Crippen molar-refractivity contribution in [3.8, 4) is 0 Å². The first-order valence-electron chi connectivity index (χ1n) is 7.02. The van der Waals surface area contributed by atoms with Crippen molar-refractivity contribution < 1.29 is 13.2 Å². The second-order valence-corrected chi connectivity index (χ2v) is 7.83. The summed E-state index contributed by atoms with van der Waals surface area (Å²) in [7, 11) is 0. The molecule has 0 unspecified atom stereocenters. The van der Waals surface area contributed by atoms with Gasteiger partial charge in [0.2, 0.25) is 0 Å². The maximum Gasteiger partial charge on any atom is 0.412 e. The minimum Gasteiger partial charge on any atom is -0.168 e. The molecule has 2 rings (SSSR count). The van der Waals surface area contributed by atoms with Crippen molar-refractivity contribution in [3.63, 3.8) is 0 Å². The van der Waals surface area contributed by atoms with E-state index >= 15 is 0 Å².